The predicted molar refractivity (Wildman–Crippen MR) is 98.5 cm³/mol. The number of hydrogen-bond donors (Lipinski definition) is 2. The first kappa shape index (κ1) is 15.4. The first-order valence-electron chi connectivity index (χ1n) is 8.04. The largest absolute Gasteiger partial charge is 0.358 e. The van der Waals surface area contributed by atoms with Gasteiger partial charge >= 0.3 is 0 Å². The van der Waals surface area contributed by atoms with Crippen LogP contribution in [0.5, 0.6) is 0 Å². The number of nitrogens with one attached hydrogen (secondary N) is 2. The Balaban J connectivity index is 1.63. The van der Waals surface area contributed by atoms with Gasteiger partial charge in [-0.15, -0.1) is 11.8 Å². The molecule has 4 nitrogen and oxygen atoms in total. The van der Waals surface area contributed by atoms with Gasteiger partial charge in [0.2, 0.25) is 0 Å². The maximum Gasteiger partial charge on any atom is 0.183 e. The van der Waals surface area contributed by atoms with Gasteiger partial charge in [0.15, 0.2) is 5.78 Å². The highest BCUT2D eigenvalue weighted by Crippen LogP contribution is 2.34. The summed E-state index contributed by atoms with van der Waals surface area (Å²) in [6.07, 6.45) is 3.63. The van der Waals surface area contributed by atoms with Crippen molar-refractivity contribution >= 4 is 28.4 Å². The van der Waals surface area contributed by atoms with Crippen LogP contribution in [0.25, 0.3) is 10.9 Å². The van der Waals surface area contributed by atoms with E-state index < -0.39 is 0 Å². The Morgan fingerprint density at radius 1 is 1.29 bits per heavy atom. The fourth-order valence-electron chi connectivity index (χ4n) is 3.28. The van der Waals surface area contributed by atoms with Crippen LogP contribution in [0.4, 0.5) is 0 Å². The number of aromatic nitrogens is 2. The number of thioether (sulfide) groups is 1. The summed E-state index contributed by atoms with van der Waals surface area (Å²) in [5, 5.41) is 4.61. The van der Waals surface area contributed by atoms with Crippen molar-refractivity contribution in [1.29, 1.82) is 0 Å². The van der Waals surface area contributed by atoms with Gasteiger partial charge in [0.25, 0.3) is 0 Å². The summed E-state index contributed by atoms with van der Waals surface area (Å²) < 4.78 is 0. The van der Waals surface area contributed by atoms with Gasteiger partial charge in [0, 0.05) is 40.3 Å². The average molecular weight is 337 g/mol. The van der Waals surface area contributed by atoms with Gasteiger partial charge in [-0.05, 0) is 37.6 Å². The van der Waals surface area contributed by atoms with Crippen LogP contribution >= 0.6 is 11.8 Å². The summed E-state index contributed by atoms with van der Waals surface area (Å²) in [7, 11) is 0. The minimum atomic E-state index is -0.168. The molecule has 3 aromatic rings. The fourth-order valence-corrected chi connectivity index (χ4v) is 4.50. The molecule has 0 amide bonds. The summed E-state index contributed by atoms with van der Waals surface area (Å²) in [5.74, 6) is 0.944. The van der Waals surface area contributed by atoms with E-state index in [1.807, 2.05) is 31.3 Å². The number of aromatic amines is 1. The van der Waals surface area contributed by atoms with Crippen molar-refractivity contribution in [1.82, 2.24) is 15.3 Å². The van der Waals surface area contributed by atoms with Gasteiger partial charge in [-0.1, -0.05) is 17.7 Å². The molecule has 0 unspecified atom stereocenters. The van der Waals surface area contributed by atoms with E-state index in [4.69, 9.17) is 0 Å². The fraction of sp³-hybridized carbons (Fsp3) is 0.263. The standard InChI is InChI=1S/C19H19N3OS/c1-11-5-6-15-14(8-11)17(12(2)21-15)18(23)16-10-24-19(22-16)13-4-3-7-20-9-13/h3-9,16,19,21-22H,10H2,1-2H3/t16-,19+/m0/s1. The molecule has 0 spiro atoms. The highest BCUT2D eigenvalue weighted by Gasteiger charge is 2.33. The molecule has 0 saturated carbocycles. The van der Waals surface area contributed by atoms with E-state index in [2.05, 4.69) is 34.3 Å². The normalized spacial score (nSPS) is 20.6. The molecular formula is C19H19N3OS. The molecule has 1 aromatic carbocycles. The van der Waals surface area contributed by atoms with Gasteiger partial charge in [-0.25, -0.2) is 0 Å². The van der Waals surface area contributed by atoms with Crippen LogP contribution in [0.1, 0.15) is 32.6 Å². The Kier molecular flexibility index (Phi) is 3.90. The number of carbonyl (C=O) groups excluding carboxylic acids is 1. The number of aryl methyl sites for hydroxylation is 2. The molecule has 1 aliphatic rings. The van der Waals surface area contributed by atoms with Crippen molar-refractivity contribution in [2.24, 2.45) is 0 Å². The summed E-state index contributed by atoms with van der Waals surface area (Å²) in [5.41, 5.74) is 5.06. The number of pyridine rings is 1. The Hall–Kier alpha value is -2.11. The molecule has 1 aliphatic heterocycles. The Morgan fingerprint density at radius 2 is 2.17 bits per heavy atom. The lowest BCUT2D eigenvalue weighted by atomic mass is 10.0. The number of Topliss-reactive ketones (excluding diaryl/α,β-unsaturated/α-hetero) is 1. The van der Waals surface area contributed by atoms with Gasteiger partial charge < -0.3 is 4.98 Å². The number of benzene rings is 1. The van der Waals surface area contributed by atoms with Crippen LogP contribution in [-0.4, -0.2) is 27.5 Å². The van der Waals surface area contributed by atoms with Crippen molar-refractivity contribution in [2.75, 3.05) is 5.75 Å². The second-order valence-electron chi connectivity index (χ2n) is 6.26. The summed E-state index contributed by atoms with van der Waals surface area (Å²) >= 11 is 1.76. The first-order valence-corrected chi connectivity index (χ1v) is 9.09. The van der Waals surface area contributed by atoms with Gasteiger partial charge in [0.05, 0.1) is 11.4 Å². The van der Waals surface area contributed by atoms with Gasteiger partial charge in [0.1, 0.15) is 0 Å². The van der Waals surface area contributed by atoms with Crippen LogP contribution in [-0.2, 0) is 0 Å². The number of ketones is 1. The van der Waals surface area contributed by atoms with Crippen LogP contribution in [0.2, 0.25) is 0 Å². The molecule has 1 fully saturated rings. The quantitative estimate of drug-likeness (QED) is 0.714. The number of rotatable bonds is 3. The minimum Gasteiger partial charge on any atom is -0.358 e. The monoisotopic (exact) mass is 337 g/mol. The molecule has 24 heavy (non-hydrogen) atoms. The molecule has 2 aromatic heterocycles. The molecule has 2 N–H and O–H groups in total. The van der Waals surface area contributed by atoms with Crippen LogP contribution in [0.15, 0.2) is 42.7 Å². The summed E-state index contributed by atoms with van der Waals surface area (Å²) in [4.78, 5) is 20.6. The van der Waals surface area contributed by atoms with Crippen LogP contribution < -0.4 is 5.32 Å². The van der Waals surface area contributed by atoms with E-state index in [0.29, 0.717) is 0 Å². The van der Waals surface area contributed by atoms with Crippen molar-refractivity contribution in [3.63, 3.8) is 0 Å². The Bertz CT molecular complexity index is 904. The van der Waals surface area contributed by atoms with Crippen molar-refractivity contribution < 1.29 is 4.79 Å². The molecule has 3 heterocycles. The third-order valence-electron chi connectivity index (χ3n) is 4.47. The zero-order valence-electron chi connectivity index (χ0n) is 13.7. The van der Waals surface area contributed by atoms with Crippen molar-refractivity contribution in [3.8, 4) is 0 Å². The van der Waals surface area contributed by atoms with E-state index in [9.17, 15) is 4.79 Å². The summed E-state index contributed by atoms with van der Waals surface area (Å²) in [6.45, 7) is 4.03. The van der Waals surface area contributed by atoms with Crippen LogP contribution in [0, 0.1) is 13.8 Å². The zero-order valence-corrected chi connectivity index (χ0v) is 14.5. The maximum absolute atomic E-state index is 13.1. The first-order chi connectivity index (χ1) is 11.6. The number of H-pyrrole nitrogens is 1. The second-order valence-corrected chi connectivity index (χ2v) is 7.40. The third-order valence-corrected chi connectivity index (χ3v) is 5.74. The van der Waals surface area contributed by atoms with Crippen LogP contribution in [0.3, 0.4) is 0 Å². The second kappa shape index (κ2) is 6.07. The molecule has 0 aliphatic carbocycles. The SMILES string of the molecule is Cc1ccc2[nH]c(C)c(C(=O)[C@@H]3CS[C@H](c4cccnc4)N3)c2c1. The zero-order chi connectivity index (χ0) is 16.7. The Morgan fingerprint density at radius 3 is 2.96 bits per heavy atom. The number of hydrogen-bond acceptors (Lipinski definition) is 4. The molecule has 5 heteroatoms. The number of nitrogens with zero attached hydrogens (tertiary/aromatic N) is 1. The molecule has 122 valence electrons. The molecule has 0 bridgehead atoms. The van der Waals surface area contributed by atoms with E-state index in [-0.39, 0.29) is 17.2 Å². The molecule has 4 rings (SSSR count). The number of fused-ring (bicyclic) bond motifs is 1. The maximum atomic E-state index is 13.1. The van der Waals surface area contributed by atoms with E-state index in [1.54, 1.807) is 18.0 Å². The predicted octanol–water partition coefficient (Wildman–Crippen LogP) is 3.77. The van der Waals surface area contributed by atoms with Crippen molar-refractivity contribution in [3.05, 3.63) is 65.1 Å². The molecule has 2 atom stereocenters. The molecule has 1 saturated heterocycles. The van der Waals surface area contributed by atoms with E-state index in [0.717, 1.165) is 39.0 Å². The smallest absolute Gasteiger partial charge is 0.183 e. The number of carbonyl (C=O) groups is 1. The lowest BCUT2D eigenvalue weighted by Crippen LogP contribution is -2.34. The van der Waals surface area contributed by atoms with E-state index >= 15 is 0 Å². The lowest BCUT2D eigenvalue weighted by Gasteiger charge is -2.13. The Labute approximate surface area is 145 Å². The molecule has 0 radical (unpaired) electrons. The van der Waals surface area contributed by atoms with E-state index in [1.165, 1.54) is 0 Å². The van der Waals surface area contributed by atoms with Gasteiger partial charge in [-0.3, -0.25) is 15.1 Å². The highest BCUT2D eigenvalue weighted by atomic mass is 32.2. The van der Waals surface area contributed by atoms with Crippen molar-refractivity contribution in [2.45, 2.75) is 25.3 Å². The lowest BCUT2D eigenvalue weighted by molar-refractivity contribution is 0.0957. The minimum absolute atomic E-state index is 0.125. The summed E-state index contributed by atoms with van der Waals surface area (Å²) in [6, 6.07) is 10.0. The third kappa shape index (κ3) is 2.64. The average Bonchev–Trinajstić information content (AvgIpc) is 3.19. The highest BCUT2D eigenvalue weighted by molar-refractivity contribution is 7.99. The van der Waals surface area contributed by atoms with Gasteiger partial charge in [-0.2, -0.15) is 0 Å². The topological polar surface area (TPSA) is 57.8 Å². The molecular weight excluding hydrogens is 318 g/mol.